The van der Waals surface area contributed by atoms with Crippen molar-refractivity contribution in [1.82, 2.24) is 9.55 Å². The van der Waals surface area contributed by atoms with E-state index in [0.717, 1.165) is 27.9 Å². The molecule has 3 aromatic carbocycles. The van der Waals surface area contributed by atoms with E-state index in [1.807, 2.05) is 30.3 Å². The Morgan fingerprint density at radius 2 is 1.52 bits per heavy atom. The SMILES string of the molecule is CC(C)c1cccc(C(C)C)c1-n1c(-c2[c-]cccc2)nc2oc3ccccc3c21.[Ir]. The normalized spacial score (nSPS) is 11.5. The Morgan fingerprint density at radius 1 is 0.839 bits per heavy atom. The molecule has 2 aromatic heterocycles. The third-order valence-corrected chi connectivity index (χ3v) is 5.71. The quantitative estimate of drug-likeness (QED) is 0.205. The van der Waals surface area contributed by atoms with Gasteiger partial charge >= 0.3 is 0 Å². The number of furan rings is 1. The van der Waals surface area contributed by atoms with Crippen molar-refractivity contribution in [3.63, 3.8) is 0 Å². The van der Waals surface area contributed by atoms with Crippen LogP contribution in [0.5, 0.6) is 0 Å². The van der Waals surface area contributed by atoms with Gasteiger partial charge in [0.05, 0.1) is 5.82 Å². The monoisotopic (exact) mass is 586 g/mol. The van der Waals surface area contributed by atoms with Gasteiger partial charge in [0.1, 0.15) is 11.1 Å². The van der Waals surface area contributed by atoms with Crippen molar-refractivity contribution >= 4 is 22.2 Å². The smallest absolute Gasteiger partial charge is 0.236 e. The molecule has 0 spiro atoms. The minimum atomic E-state index is 0. The molecule has 31 heavy (non-hydrogen) atoms. The molecule has 0 amide bonds. The van der Waals surface area contributed by atoms with Crippen LogP contribution in [0.15, 0.2) is 71.1 Å². The molecule has 0 unspecified atom stereocenters. The molecule has 1 radical (unpaired) electrons. The van der Waals surface area contributed by atoms with Crippen LogP contribution in [0.25, 0.3) is 39.3 Å². The Balaban J connectivity index is 0.00000231. The van der Waals surface area contributed by atoms with Gasteiger partial charge in [-0.05, 0) is 35.1 Å². The third kappa shape index (κ3) is 3.54. The number of benzene rings is 3. The van der Waals surface area contributed by atoms with E-state index < -0.39 is 0 Å². The summed E-state index contributed by atoms with van der Waals surface area (Å²) in [4.78, 5) is 4.96. The molecule has 0 saturated carbocycles. The maximum Gasteiger partial charge on any atom is 0.236 e. The van der Waals surface area contributed by atoms with Gasteiger partial charge in [0.2, 0.25) is 5.71 Å². The summed E-state index contributed by atoms with van der Waals surface area (Å²) in [5.41, 5.74) is 7.33. The van der Waals surface area contributed by atoms with Gasteiger partial charge in [-0.1, -0.05) is 58.0 Å². The second-order valence-electron chi connectivity index (χ2n) is 8.39. The summed E-state index contributed by atoms with van der Waals surface area (Å²) < 4.78 is 8.47. The fraction of sp³-hybridized carbons (Fsp3) is 0.222. The van der Waals surface area contributed by atoms with E-state index >= 15 is 0 Å². The Bertz CT molecular complexity index is 1320. The van der Waals surface area contributed by atoms with Crippen molar-refractivity contribution < 1.29 is 24.5 Å². The van der Waals surface area contributed by atoms with Crippen molar-refractivity contribution in [3.05, 3.63) is 83.9 Å². The molecule has 0 saturated heterocycles. The maximum atomic E-state index is 6.17. The van der Waals surface area contributed by atoms with Crippen molar-refractivity contribution in [2.24, 2.45) is 0 Å². The van der Waals surface area contributed by atoms with Crippen LogP contribution in [0.1, 0.15) is 50.7 Å². The van der Waals surface area contributed by atoms with Crippen LogP contribution in [-0.2, 0) is 20.1 Å². The minimum Gasteiger partial charge on any atom is -0.437 e. The first-order valence-electron chi connectivity index (χ1n) is 10.6. The first-order chi connectivity index (χ1) is 14.6. The Kier molecular flexibility index (Phi) is 5.87. The molecule has 4 heteroatoms. The zero-order valence-corrected chi connectivity index (χ0v) is 20.5. The first kappa shape index (κ1) is 21.5. The summed E-state index contributed by atoms with van der Waals surface area (Å²) in [6.45, 7) is 9.00. The van der Waals surface area contributed by atoms with Gasteiger partial charge in [0, 0.05) is 31.2 Å². The average Bonchev–Trinajstić information content (AvgIpc) is 3.29. The molecular weight excluding hydrogens is 561 g/mol. The minimum absolute atomic E-state index is 0. The summed E-state index contributed by atoms with van der Waals surface area (Å²) in [5.74, 6) is 1.62. The van der Waals surface area contributed by atoms with Crippen LogP contribution in [0.4, 0.5) is 0 Å². The summed E-state index contributed by atoms with van der Waals surface area (Å²) in [7, 11) is 0. The second kappa shape index (κ2) is 8.45. The van der Waals surface area contributed by atoms with Crippen LogP contribution in [0.3, 0.4) is 0 Å². The number of imidazole rings is 1. The van der Waals surface area contributed by atoms with E-state index in [2.05, 4.69) is 74.7 Å². The van der Waals surface area contributed by atoms with Crippen LogP contribution in [0.2, 0.25) is 0 Å². The second-order valence-corrected chi connectivity index (χ2v) is 8.39. The molecule has 3 nitrogen and oxygen atoms in total. The summed E-state index contributed by atoms with van der Waals surface area (Å²) in [5, 5.41) is 1.08. The van der Waals surface area contributed by atoms with Gasteiger partial charge < -0.3 is 8.98 Å². The zero-order chi connectivity index (χ0) is 20.8. The van der Waals surface area contributed by atoms with Crippen LogP contribution in [0, 0.1) is 6.07 Å². The summed E-state index contributed by atoms with van der Waals surface area (Å²) >= 11 is 0. The maximum absolute atomic E-state index is 6.17. The molecule has 0 aliphatic heterocycles. The summed E-state index contributed by atoms with van der Waals surface area (Å²) in [6, 6.07) is 26.2. The van der Waals surface area contributed by atoms with Crippen LogP contribution in [-0.4, -0.2) is 9.55 Å². The molecular formula is C27H25IrN2O-. The van der Waals surface area contributed by atoms with Crippen LogP contribution >= 0.6 is 0 Å². The predicted octanol–water partition coefficient (Wildman–Crippen LogP) is 7.48. The molecule has 0 bridgehead atoms. The van der Waals surface area contributed by atoms with Gasteiger partial charge in [-0.3, -0.25) is 0 Å². The number of nitrogens with zero attached hydrogens (tertiary/aromatic N) is 2. The Hall–Kier alpha value is -2.68. The van der Waals surface area contributed by atoms with Gasteiger partial charge in [0.25, 0.3) is 0 Å². The first-order valence-corrected chi connectivity index (χ1v) is 10.6. The molecule has 0 fully saturated rings. The van der Waals surface area contributed by atoms with Crippen molar-refractivity contribution in [2.75, 3.05) is 0 Å². The Morgan fingerprint density at radius 3 is 2.16 bits per heavy atom. The van der Waals surface area contributed by atoms with Crippen molar-refractivity contribution in [3.8, 4) is 17.1 Å². The average molecular weight is 586 g/mol. The molecule has 5 aromatic rings. The number of hydrogen-bond donors (Lipinski definition) is 0. The zero-order valence-electron chi connectivity index (χ0n) is 18.1. The largest absolute Gasteiger partial charge is 0.437 e. The van der Waals surface area contributed by atoms with E-state index in [1.54, 1.807) is 0 Å². The van der Waals surface area contributed by atoms with Gasteiger partial charge in [-0.15, -0.1) is 35.9 Å². The molecule has 0 atom stereocenters. The van der Waals surface area contributed by atoms with E-state index in [1.165, 1.54) is 16.8 Å². The van der Waals surface area contributed by atoms with Crippen LogP contribution < -0.4 is 0 Å². The number of aromatic nitrogens is 2. The molecule has 2 heterocycles. The van der Waals surface area contributed by atoms with Gasteiger partial charge in [0.15, 0.2) is 0 Å². The number of para-hydroxylation sites is 2. The van der Waals surface area contributed by atoms with E-state index in [9.17, 15) is 0 Å². The van der Waals surface area contributed by atoms with E-state index in [4.69, 9.17) is 9.40 Å². The van der Waals surface area contributed by atoms with Crippen molar-refractivity contribution in [2.45, 2.75) is 39.5 Å². The number of fused-ring (bicyclic) bond motifs is 3. The molecule has 0 aliphatic rings. The van der Waals surface area contributed by atoms with E-state index in [-0.39, 0.29) is 20.1 Å². The molecule has 159 valence electrons. The molecule has 0 N–H and O–H groups in total. The number of hydrogen-bond acceptors (Lipinski definition) is 2. The topological polar surface area (TPSA) is 31.0 Å². The standard InChI is InChI=1S/C27H25N2O.Ir/c1-17(2)20-14-10-15-21(18(3)4)24(20)29-25-22-13-8-9-16-23(22)30-27(25)28-26(29)19-11-6-5-7-12-19;/h5-11,13-18H,1-4H3;/q-1;. The predicted molar refractivity (Wildman–Crippen MR) is 123 cm³/mol. The molecule has 5 rings (SSSR count). The van der Waals surface area contributed by atoms with Gasteiger partial charge in [-0.2, -0.15) is 0 Å². The van der Waals surface area contributed by atoms with Crippen molar-refractivity contribution in [1.29, 1.82) is 0 Å². The van der Waals surface area contributed by atoms with Gasteiger partial charge in [-0.25, -0.2) is 4.98 Å². The Labute approximate surface area is 196 Å². The third-order valence-electron chi connectivity index (χ3n) is 5.71. The number of rotatable bonds is 4. The fourth-order valence-corrected chi connectivity index (χ4v) is 4.26. The molecule has 0 aliphatic carbocycles. The summed E-state index contributed by atoms with van der Waals surface area (Å²) in [6.07, 6.45) is 0. The fourth-order valence-electron chi connectivity index (χ4n) is 4.26. The van der Waals surface area contributed by atoms with E-state index in [0.29, 0.717) is 17.5 Å².